The van der Waals surface area contributed by atoms with Crippen LogP contribution in [0.3, 0.4) is 0 Å². The maximum atomic E-state index is 12.1. The van der Waals surface area contributed by atoms with Crippen molar-refractivity contribution >= 4 is 11.6 Å². The Morgan fingerprint density at radius 2 is 2.09 bits per heavy atom. The fourth-order valence-electron chi connectivity index (χ4n) is 2.70. The first-order valence-corrected chi connectivity index (χ1v) is 7.86. The van der Waals surface area contributed by atoms with Gasteiger partial charge in [0, 0.05) is 18.9 Å². The average Bonchev–Trinajstić information content (AvgIpc) is 2.94. The molecule has 2 aromatic heterocycles. The molecule has 2 heterocycles. The van der Waals surface area contributed by atoms with Crippen LogP contribution in [0.4, 0.5) is 5.69 Å². The molecule has 0 saturated heterocycles. The summed E-state index contributed by atoms with van der Waals surface area (Å²) in [6, 6.07) is 0. The number of rotatable bonds is 7. The Hall–Kier alpha value is -2.15. The highest BCUT2D eigenvalue weighted by Crippen LogP contribution is 2.13. The summed E-state index contributed by atoms with van der Waals surface area (Å²) in [5.74, 6) is -0.0146. The molecule has 0 spiro atoms. The molecule has 126 valence electrons. The number of anilines is 1. The first-order chi connectivity index (χ1) is 10.9. The predicted molar refractivity (Wildman–Crippen MR) is 90.5 cm³/mol. The lowest BCUT2D eigenvalue weighted by Crippen LogP contribution is -2.31. The quantitative estimate of drug-likeness (QED) is 0.812. The smallest absolute Gasteiger partial charge is 0.238 e. The van der Waals surface area contributed by atoms with Crippen LogP contribution >= 0.6 is 0 Å². The summed E-state index contributed by atoms with van der Waals surface area (Å²) < 4.78 is 1.70. The van der Waals surface area contributed by atoms with Gasteiger partial charge in [0.2, 0.25) is 5.91 Å². The number of hydrogen-bond donors (Lipinski definition) is 2. The maximum Gasteiger partial charge on any atom is 0.238 e. The van der Waals surface area contributed by atoms with Gasteiger partial charge in [-0.3, -0.25) is 19.5 Å². The van der Waals surface area contributed by atoms with Crippen molar-refractivity contribution in [3.63, 3.8) is 0 Å². The molecule has 0 radical (unpaired) electrons. The number of aryl methyl sites for hydroxylation is 4. The molecule has 0 aliphatic heterocycles. The van der Waals surface area contributed by atoms with Crippen molar-refractivity contribution in [2.75, 3.05) is 25.5 Å². The number of aromatic amines is 1. The molecule has 7 nitrogen and oxygen atoms in total. The fourth-order valence-corrected chi connectivity index (χ4v) is 2.70. The summed E-state index contributed by atoms with van der Waals surface area (Å²) in [4.78, 5) is 14.1. The van der Waals surface area contributed by atoms with Crippen LogP contribution in [-0.2, 0) is 18.3 Å². The molecular formula is C16H26N6O. The van der Waals surface area contributed by atoms with Crippen LogP contribution in [0.5, 0.6) is 0 Å². The molecule has 7 heteroatoms. The molecule has 2 N–H and O–H groups in total. The Labute approximate surface area is 137 Å². The number of amides is 1. The number of nitrogens with zero attached hydrogens (tertiary/aromatic N) is 4. The van der Waals surface area contributed by atoms with Crippen LogP contribution in [0.25, 0.3) is 0 Å². The van der Waals surface area contributed by atoms with E-state index < -0.39 is 0 Å². The third kappa shape index (κ3) is 4.66. The van der Waals surface area contributed by atoms with Gasteiger partial charge in [-0.1, -0.05) is 0 Å². The number of hydrogen-bond acceptors (Lipinski definition) is 4. The third-order valence-corrected chi connectivity index (χ3v) is 3.95. The minimum atomic E-state index is -0.0146. The van der Waals surface area contributed by atoms with Crippen molar-refractivity contribution in [1.29, 1.82) is 0 Å². The zero-order chi connectivity index (χ0) is 17.0. The number of aromatic nitrogens is 4. The first-order valence-electron chi connectivity index (χ1n) is 7.86. The van der Waals surface area contributed by atoms with Gasteiger partial charge in [0.1, 0.15) is 0 Å². The van der Waals surface area contributed by atoms with Gasteiger partial charge in [-0.25, -0.2) is 0 Å². The van der Waals surface area contributed by atoms with Gasteiger partial charge in [0.05, 0.1) is 23.6 Å². The molecule has 2 aromatic rings. The van der Waals surface area contributed by atoms with E-state index in [1.165, 1.54) is 5.56 Å². The van der Waals surface area contributed by atoms with Crippen LogP contribution in [0.1, 0.15) is 29.1 Å². The number of carbonyl (C=O) groups excluding carboxylic acids is 1. The van der Waals surface area contributed by atoms with E-state index in [4.69, 9.17) is 0 Å². The number of H-pyrrole nitrogens is 1. The summed E-state index contributed by atoms with van der Waals surface area (Å²) in [5.41, 5.74) is 5.09. The Morgan fingerprint density at radius 3 is 2.65 bits per heavy atom. The second-order valence-corrected chi connectivity index (χ2v) is 6.10. The highest BCUT2D eigenvalue weighted by atomic mass is 16.2. The van der Waals surface area contributed by atoms with Gasteiger partial charge in [-0.2, -0.15) is 10.2 Å². The van der Waals surface area contributed by atoms with Gasteiger partial charge in [0.25, 0.3) is 0 Å². The van der Waals surface area contributed by atoms with E-state index in [-0.39, 0.29) is 5.91 Å². The van der Waals surface area contributed by atoms with E-state index >= 15 is 0 Å². The molecule has 23 heavy (non-hydrogen) atoms. The van der Waals surface area contributed by atoms with E-state index in [1.807, 2.05) is 46.0 Å². The second kappa shape index (κ2) is 7.41. The Bertz CT molecular complexity index is 653. The van der Waals surface area contributed by atoms with Gasteiger partial charge in [0.15, 0.2) is 0 Å². The van der Waals surface area contributed by atoms with E-state index in [0.717, 1.165) is 42.2 Å². The van der Waals surface area contributed by atoms with Crippen molar-refractivity contribution < 1.29 is 4.79 Å². The lowest BCUT2D eigenvalue weighted by Gasteiger charge is -2.16. The number of likely N-dealkylation sites (N-methyl/N-ethyl adjacent to an activating group) is 1. The Kier molecular flexibility index (Phi) is 5.54. The zero-order valence-corrected chi connectivity index (χ0v) is 14.6. The molecule has 0 atom stereocenters. The fraction of sp³-hybridized carbons (Fsp3) is 0.562. The molecular weight excluding hydrogens is 292 g/mol. The normalized spacial score (nSPS) is 11.2. The number of nitrogens with one attached hydrogen (secondary N) is 2. The molecule has 0 bridgehead atoms. The topological polar surface area (TPSA) is 78.8 Å². The molecule has 0 aromatic carbocycles. The van der Waals surface area contributed by atoms with Crippen molar-refractivity contribution in [3.05, 3.63) is 28.8 Å². The van der Waals surface area contributed by atoms with Crippen molar-refractivity contribution in [2.24, 2.45) is 7.05 Å². The molecule has 0 fully saturated rings. The summed E-state index contributed by atoms with van der Waals surface area (Å²) in [6.07, 6.45) is 3.79. The van der Waals surface area contributed by atoms with E-state index in [0.29, 0.717) is 6.54 Å². The average molecular weight is 318 g/mol. The van der Waals surface area contributed by atoms with Gasteiger partial charge in [-0.05, 0) is 52.8 Å². The predicted octanol–water partition coefficient (Wildman–Crippen LogP) is 1.57. The van der Waals surface area contributed by atoms with Crippen molar-refractivity contribution in [3.8, 4) is 0 Å². The van der Waals surface area contributed by atoms with Crippen LogP contribution in [0.2, 0.25) is 0 Å². The van der Waals surface area contributed by atoms with Gasteiger partial charge >= 0.3 is 0 Å². The first kappa shape index (κ1) is 17.2. The highest BCUT2D eigenvalue weighted by Gasteiger charge is 2.11. The zero-order valence-electron chi connectivity index (χ0n) is 14.6. The van der Waals surface area contributed by atoms with Crippen LogP contribution in [0, 0.1) is 20.8 Å². The minimum absolute atomic E-state index is 0.0146. The van der Waals surface area contributed by atoms with E-state index in [9.17, 15) is 4.79 Å². The standard InChI is InChI=1S/C16H26N6O/c1-11-14(12(2)19-18-11)7-6-8-21(4)10-16(23)17-15-9-22(5)20-13(15)3/h9H,6-8,10H2,1-5H3,(H,17,23)(H,18,19). The molecule has 0 saturated carbocycles. The summed E-state index contributed by atoms with van der Waals surface area (Å²) in [7, 11) is 3.80. The lowest BCUT2D eigenvalue weighted by atomic mass is 10.1. The molecule has 0 aliphatic carbocycles. The van der Waals surface area contributed by atoms with Crippen molar-refractivity contribution in [2.45, 2.75) is 33.6 Å². The molecule has 1 amide bonds. The lowest BCUT2D eigenvalue weighted by molar-refractivity contribution is -0.117. The minimum Gasteiger partial charge on any atom is -0.322 e. The summed E-state index contributed by atoms with van der Waals surface area (Å²) in [6.45, 7) is 7.19. The number of carbonyl (C=O) groups is 1. The highest BCUT2D eigenvalue weighted by molar-refractivity contribution is 5.92. The molecule has 0 aliphatic rings. The SMILES string of the molecule is Cc1nn(C)cc1NC(=O)CN(C)CCCc1c(C)n[nH]c1C. The van der Waals surface area contributed by atoms with Gasteiger partial charge in [-0.15, -0.1) is 0 Å². The Morgan fingerprint density at radius 1 is 1.35 bits per heavy atom. The summed E-state index contributed by atoms with van der Waals surface area (Å²) >= 11 is 0. The molecule has 0 unspecified atom stereocenters. The van der Waals surface area contributed by atoms with E-state index in [1.54, 1.807) is 4.68 Å². The maximum absolute atomic E-state index is 12.1. The second-order valence-electron chi connectivity index (χ2n) is 6.10. The van der Waals surface area contributed by atoms with Crippen LogP contribution < -0.4 is 5.32 Å². The van der Waals surface area contributed by atoms with Crippen LogP contribution in [-0.4, -0.2) is 50.9 Å². The van der Waals surface area contributed by atoms with Gasteiger partial charge < -0.3 is 5.32 Å². The van der Waals surface area contributed by atoms with Crippen LogP contribution in [0.15, 0.2) is 6.20 Å². The monoisotopic (exact) mass is 318 g/mol. The Balaban J connectivity index is 1.75. The van der Waals surface area contributed by atoms with Crippen molar-refractivity contribution in [1.82, 2.24) is 24.9 Å². The summed E-state index contributed by atoms with van der Waals surface area (Å²) in [5, 5.41) is 14.3. The molecule has 2 rings (SSSR count). The van der Waals surface area contributed by atoms with E-state index in [2.05, 4.69) is 20.6 Å². The third-order valence-electron chi connectivity index (χ3n) is 3.95. The largest absolute Gasteiger partial charge is 0.322 e.